The van der Waals surface area contributed by atoms with E-state index in [9.17, 15) is 13.2 Å². The molecule has 0 aliphatic heterocycles. The van der Waals surface area contributed by atoms with Gasteiger partial charge in [-0.05, 0) is 18.2 Å². The van der Waals surface area contributed by atoms with Gasteiger partial charge in [0.05, 0.1) is 18.2 Å². The molecule has 0 saturated heterocycles. The number of rotatable bonds is 2. The Bertz CT molecular complexity index is 393. The topological polar surface area (TPSA) is 13.6 Å². The van der Waals surface area contributed by atoms with Crippen LogP contribution in [0.1, 0.15) is 11.1 Å². The average molecular weight is 215 g/mol. The van der Waals surface area contributed by atoms with E-state index in [1.807, 2.05) is 0 Å². The summed E-state index contributed by atoms with van der Waals surface area (Å²) in [5, 5.41) is 0. The van der Waals surface area contributed by atoms with Crippen molar-refractivity contribution in [2.75, 3.05) is 7.11 Å². The molecule has 0 bridgehead atoms. The molecule has 0 atom stereocenters. The van der Waals surface area contributed by atoms with Crippen molar-refractivity contribution >= 4 is 0 Å². The van der Waals surface area contributed by atoms with Gasteiger partial charge in [0, 0.05) is 0 Å². The maximum Gasteiger partial charge on any atom is 0.416 e. The van der Waals surface area contributed by atoms with Crippen molar-refractivity contribution in [1.82, 2.24) is 0 Å². The predicted octanol–water partition coefficient (Wildman–Crippen LogP) is 3.13. The number of benzene rings is 1. The van der Waals surface area contributed by atoms with Crippen molar-refractivity contribution in [3.05, 3.63) is 40.7 Å². The Kier molecular flexibility index (Phi) is 3.20. The first-order chi connectivity index (χ1) is 6.99. The highest BCUT2D eigenvalue weighted by Crippen LogP contribution is 2.32. The van der Waals surface area contributed by atoms with Crippen LogP contribution in [-0.4, -0.2) is 7.11 Å². The Balaban J connectivity index is 3.17. The highest BCUT2D eigenvalue weighted by atomic mass is 19.4. The van der Waals surface area contributed by atoms with E-state index in [0.29, 0.717) is 5.75 Å². The Hall–Kier alpha value is -1.70. The van der Waals surface area contributed by atoms with Crippen LogP contribution < -0.4 is 4.74 Å². The number of halogens is 3. The van der Waals surface area contributed by atoms with Crippen LogP contribution in [0, 0.1) is 6.57 Å². The molecule has 0 N–H and O–H groups in total. The summed E-state index contributed by atoms with van der Waals surface area (Å²) in [7, 11) is 1.36. The maximum atomic E-state index is 12.3. The fourth-order valence-electron chi connectivity index (χ4n) is 1.16. The van der Waals surface area contributed by atoms with E-state index >= 15 is 0 Å². The van der Waals surface area contributed by atoms with Crippen molar-refractivity contribution < 1.29 is 17.9 Å². The van der Waals surface area contributed by atoms with E-state index in [-0.39, 0.29) is 12.1 Å². The van der Waals surface area contributed by atoms with Gasteiger partial charge in [-0.25, -0.2) is 6.57 Å². The highest BCUT2D eigenvalue weighted by molar-refractivity contribution is 5.39. The molecule has 0 spiro atoms. The Morgan fingerprint density at radius 1 is 1.40 bits per heavy atom. The molecule has 0 amide bonds. The van der Waals surface area contributed by atoms with Gasteiger partial charge in [0.1, 0.15) is 5.75 Å². The lowest BCUT2D eigenvalue weighted by Gasteiger charge is -2.09. The van der Waals surface area contributed by atoms with Crippen LogP contribution in [0.3, 0.4) is 0 Å². The van der Waals surface area contributed by atoms with E-state index in [4.69, 9.17) is 11.3 Å². The minimum atomic E-state index is -4.39. The molecule has 2 nitrogen and oxygen atoms in total. The van der Waals surface area contributed by atoms with Crippen molar-refractivity contribution in [1.29, 1.82) is 0 Å². The third-order valence-corrected chi connectivity index (χ3v) is 1.86. The molecule has 80 valence electrons. The molecule has 15 heavy (non-hydrogen) atoms. The molecule has 1 aromatic rings. The fourth-order valence-corrected chi connectivity index (χ4v) is 1.16. The molecule has 0 radical (unpaired) electrons. The Morgan fingerprint density at radius 2 is 2.07 bits per heavy atom. The van der Waals surface area contributed by atoms with Crippen LogP contribution in [0.5, 0.6) is 5.75 Å². The van der Waals surface area contributed by atoms with Gasteiger partial charge < -0.3 is 9.58 Å². The Morgan fingerprint density at radius 3 is 2.53 bits per heavy atom. The van der Waals surface area contributed by atoms with Crippen LogP contribution in [-0.2, 0) is 12.7 Å². The lowest BCUT2D eigenvalue weighted by atomic mass is 10.1. The molecule has 1 aromatic carbocycles. The largest absolute Gasteiger partial charge is 0.496 e. The van der Waals surface area contributed by atoms with Gasteiger partial charge >= 0.3 is 6.18 Å². The quantitative estimate of drug-likeness (QED) is 0.691. The van der Waals surface area contributed by atoms with Crippen LogP contribution in [0.2, 0.25) is 0 Å². The number of ether oxygens (including phenoxy) is 1. The molecule has 0 unspecified atom stereocenters. The minimum absolute atomic E-state index is 0.118. The maximum absolute atomic E-state index is 12.3. The monoisotopic (exact) mass is 215 g/mol. The second-order valence-corrected chi connectivity index (χ2v) is 2.84. The third-order valence-electron chi connectivity index (χ3n) is 1.86. The number of hydrogen-bond donors (Lipinski definition) is 0. The highest BCUT2D eigenvalue weighted by Gasteiger charge is 2.31. The molecule has 5 heteroatoms. The summed E-state index contributed by atoms with van der Waals surface area (Å²) in [6.45, 7) is 6.51. The molecule has 0 heterocycles. The summed E-state index contributed by atoms with van der Waals surface area (Å²) in [5.74, 6) is 0.305. The van der Waals surface area contributed by atoms with Gasteiger partial charge in [0.2, 0.25) is 6.54 Å². The number of alkyl halides is 3. The van der Waals surface area contributed by atoms with Gasteiger partial charge in [-0.2, -0.15) is 13.2 Å². The zero-order chi connectivity index (χ0) is 11.5. The summed E-state index contributed by atoms with van der Waals surface area (Å²) >= 11 is 0. The molecule has 0 aromatic heterocycles. The van der Waals surface area contributed by atoms with Crippen molar-refractivity contribution in [3.63, 3.8) is 0 Å². The zero-order valence-corrected chi connectivity index (χ0v) is 7.93. The van der Waals surface area contributed by atoms with Gasteiger partial charge in [0.25, 0.3) is 0 Å². The van der Waals surface area contributed by atoms with E-state index in [0.717, 1.165) is 12.1 Å². The minimum Gasteiger partial charge on any atom is -0.496 e. The van der Waals surface area contributed by atoms with Gasteiger partial charge in [-0.1, -0.05) is 0 Å². The fraction of sp³-hybridized carbons (Fsp3) is 0.300. The number of hydrogen-bond acceptors (Lipinski definition) is 1. The summed E-state index contributed by atoms with van der Waals surface area (Å²) in [6.07, 6.45) is -4.39. The first kappa shape index (κ1) is 11.4. The molecule has 0 aliphatic carbocycles. The van der Waals surface area contributed by atoms with Crippen molar-refractivity contribution in [3.8, 4) is 5.75 Å². The summed E-state index contributed by atoms with van der Waals surface area (Å²) in [6, 6.07) is 3.10. The number of nitrogens with zero attached hydrogens (tertiary/aromatic N) is 1. The lowest BCUT2D eigenvalue weighted by molar-refractivity contribution is -0.137. The van der Waals surface area contributed by atoms with Crippen LogP contribution in [0.15, 0.2) is 18.2 Å². The molecule has 0 fully saturated rings. The smallest absolute Gasteiger partial charge is 0.416 e. The predicted molar refractivity (Wildman–Crippen MR) is 48.3 cm³/mol. The third kappa shape index (κ3) is 2.62. The lowest BCUT2D eigenvalue weighted by Crippen LogP contribution is -2.05. The van der Waals surface area contributed by atoms with Gasteiger partial charge in [-0.15, -0.1) is 0 Å². The summed E-state index contributed by atoms with van der Waals surface area (Å²) in [4.78, 5) is 3.04. The average Bonchev–Trinajstić information content (AvgIpc) is 2.17. The van der Waals surface area contributed by atoms with Gasteiger partial charge in [0.15, 0.2) is 0 Å². The molecule has 0 saturated carbocycles. The zero-order valence-electron chi connectivity index (χ0n) is 7.93. The Labute approximate surface area is 85.1 Å². The van der Waals surface area contributed by atoms with Crippen LogP contribution >= 0.6 is 0 Å². The standard InChI is InChI=1S/C10H8F3NO/c1-14-6-7-5-8(10(11,12)13)3-4-9(7)15-2/h3-5H,6H2,2H3. The molecular formula is C10H8F3NO. The SMILES string of the molecule is [C-]#[N+]Cc1cc(C(F)(F)F)ccc1OC. The molecule has 1 rings (SSSR count). The van der Waals surface area contributed by atoms with Crippen LogP contribution in [0.25, 0.3) is 4.85 Å². The van der Waals surface area contributed by atoms with E-state index < -0.39 is 11.7 Å². The number of methoxy groups -OCH3 is 1. The molecular weight excluding hydrogens is 207 g/mol. The van der Waals surface area contributed by atoms with Gasteiger partial charge in [-0.3, -0.25) is 0 Å². The first-order valence-corrected chi connectivity index (χ1v) is 4.06. The first-order valence-electron chi connectivity index (χ1n) is 4.06. The van der Waals surface area contributed by atoms with Crippen molar-refractivity contribution in [2.45, 2.75) is 12.7 Å². The normalized spacial score (nSPS) is 10.9. The van der Waals surface area contributed by atoms with Crippen molar-refractivity contribution in [2.24, 2.45) is 0 Å². The summed E-state index contributed by atoms with van der Waals surface area (Å²) < 4.78 is 41.8. The van der Waals surface area contributed by atoms with E-state index in [1.54, 1.807) is 0 Å². The van der Waals surface area contributed by atoms with E-state index in [2.05, 4.69) is 4.85 Å². The van der Waals surface area contributed by atoms with E-state index in [1.165, 1.54) is 13.2 Å². The second-order valence-electron chi connectivity index (χ2n) is 2.84. The molecule has 0 aliphatic rings. The summed E-state index contributed by atoms with van der Waals surface area (Å²) in [5.41, 5.74) is -0.510. The van der Waals surface area contributed by atoms with Crippen LogP contribution in [0.4, 0.5) is 13.2 Å². The second kappa shape index (κ2) is 4.22.